The molecule has 310 valence electrons. The van der Waals surface area contributed by atoms with Crippen molar-refractivity contribution in [2.45, 2.75) is 66.2 Å². The second-order valence-corrected chi connectivity index (χ2v) is 13.9. The number of carbonyl (C=O) groups is 6. The van der Waals surface area contributed by atoms with Crippen molar-refractivity contribution >= 4 is 59.0 Å². The first-order chi connectivity index (χ1) is 27.3. The summed E-state index contributed by atoms with van der Waals surface area (Å²) in [5, 5.41) is 17.6. The van der Waals surface area contributed by atoms with Crippen molar-refractivity contribution in [3.63, 3.8) is 0 Å². The van der Waals surface area contributed by atoms with E-state index < -0.39 is 47.5 Å². The Morgan fingerprint density at radius 2 is 1.12 bits per heavy atom. The van der Waals surface area contributed by atoms with Crippen molar-refractivity contribution in [2.24, 2.45) is 0 Å². The van der Waals surface area contributed by atoms with Crippen LogP contribution in [0.15, 0.2) is 17.5 Å². The maximum Gasteiger partial charge on any atom is 0.407 e. The molecule has 58 heavy (non-hydrogen) atoms. The number of esters is 2. The van der Waals surface area contributed by atoms with Crippen LogP contribution in [0, 0.1) is 52.4 Å². The molecule has 0 bridgehead atoms. The molecule has 0 aliphatic carbocycles. The molecule has 4 amide bonds. The largest absolute Gasteiger partial charge is 0.467 e. The number of nitrogens with one attached hydrogen (secondary N) is 6. The van der Waals surface area contributed by atoms with Crippen molar-refractivity contribution < 1.29 is 43.0 Å². The van der Waals surface area contributed by atoms with Gasteiger partial charge in [-0.1, -0.05) is 17.9 Å². The maximum absolute atomic E-state index is 12.8. The normalized spacial score (nSPS) is 11.4. The quantitative estimate of drug-likeness (QED) is 0.0727. The van der Waals surface area contributed by atoms with E-state index in [1.54, 1.807) is 66.0 Å². The minimum Gasteiger partial charge on any atom is -0.467 e. The summed E-state index contributed by atoms with van der Waals surface area (Å²) in [6.07, 6.45) is 9.68. The highest BCUT2D eigenvalue weighted by Crippen LogP contribution is 2.15. The predicted molar refractivity (Wildman–Crippen MR) is 215 cm³/mol. The number of anilines is 2. The third-order valence-corrected chi connectivity index (χ3v) is 8.20. The van der Waals surface area contributed by atoms with Gasteiger partial charge in [0.15, 0.2) is 0 Å². The van der Waals surface area contributed by atoms with E-state index in [2.05, 4.69) is 63.7 Å². The molecule has 0 aliphatic heterocycles. The zero-order valence-corrected chi connectivity index (χ0v) is 34.6. The number of hydrogen-bond acceptors (Lipinski definition) is 16. The zero-order valence-electron chi connectivity index (χ0n) is 33.7. The molecular weight excluding hydrogens is 773 g/mol. The summed E-state index contributed by atoms with van der Waals surface area (Å²) in [6, 6.07) is 1.20. The topological polar surface area (TPSA) is 254 Å². The number of terminal acetylenes is 2. The molecule has 0 fully saturated rings. The minimum atomic E-state index is -1.13. The Labute approximate surface area is 340 Å². The van der Waals surface area contributed by atoms with Gasteiger partial charge in [-0.15, -0.1) is 24.2 Å². The molecule has 3 aromatic heterocycles. The molecule has 0 aliphatic rings. The Hall–Kier alpha value is -6.80. The van der Waals surface area contributed by atoms with Crippen LogP contribution in [0.1, 0.15) is 73.9 Å². The number of hydrogen-bond donors (Lipinski definition) is 6. The lowest BCUT2D eigenvalue weighted by atomic mass is 10.1. The van der Waals surface area contributed by atoms with E-state index in [4.69, 9.17) is 27.1 Å². The molecule has 6 N–H and O–H groups in total. The molecule has 0 radical (unpaired) electrons. The standard InChI is InChI=1S/C19H27N5O5.C19H21N5O4S/c1-8-9-20-17-22-11(2)14(12(3)23-17)15(25)24-13(16(26)28-7)10-21-18(27)29-19(4,5)6;1-5-8-20-19-22-11(2)15(12(3)23-19)17(26)24-13(18(27)28-4)10-21-16(25)14-7-6-9-29-14/h1,13H,9-10H2,2-7H3,(H,21,27)(H,24,25)(H,20,22,23);1,6-7,9,13H,8,10H2,2-4H3,(H,21,25)(H,24,26)(H,20,22,23)/t2*13-/m00/s1. The summed E-state index contributed by atoms with van der Waals surface area (Å²) in [4.78, 5) is 90.8. The van der Waals surface area contributed by atoms with Crippen molar-refractivity contribution in [2.75, 3.05) is 51.0 Å². The molecule has 0 spiro atoms. The van der Waals surface area contributed by atoms with E-state index in [0.717, 1.165) is 0 Å². The van der Waals surface area contributed by atoms with Gasteiger partial charge in [0, 0.05) is 6.54 Å². The second-order valence-electron chi connectivity index (χ2n) is 13.0. The highest BCUT2D eigenvalue weighted by Gasteiger charge is 2.28. The number of rotatable bonds is 15. The zero-order chi connectivity index (χ0) is 43.6. The average molecular weight is 821 g/mol. The molecular formula is C38H48N10O9S. The first-order valence-electron chi connectivity index (χ1n) is 17.5. The average Bonchev–Trinajstić information content (AvgIpc) is 3.70. The van der Waals surface area contributed by atoms with E-state index in [0.29, 0.717) is 39.5 Å². The number of aromatic nitrogens is 4. The molecule has 0 unspecified atom stereocenters. The van der Waals surface area contributed by atoms with Gasteiger partial charge in [-0.05, 0) is 59.9 Å². The Morgan fingerprint density at radius 1 is 0.707 bits per heavy atom. The van der Waals surface area contributed by atoms with Crippen LogP contribution in [0.5, 0.6) is 0 Å². The van der Waals surface area contributed by atoms with Crippen LogP contribution in [0.4, 0.5) is 16.7 Å². The summed E-state index contributed by atoms with van der Waals surface area (Å²) in [6.45, 7) is 11.8. The van der Waals surface area contributed by atoms with Gasteiger partial charge in [-0.2, -0.15) is 0 Å². The summed E-state index contributed by atoms with van der Waals surface area (Å²) in [5.74, 6) is 2.54. The number of aryl methyl sites for hydroxylation is 4. The van der Waals surface area contributed by atoms with Gasteiger partial charge in [0.1, 0.15) is 17.7 Å². The molecule has 0 aromatic carbocycles. The van der Waals surface area contributed by atoms with Crippen LogP contribution in [-0.4, -0.2) is 114 Å². The van der Waals surface area contributed by atoms with E-state index in [9.17, 15) is 28.8 Å². The molecule has 0 saturated heterocycles. The van der Waals surface area contributed by atoms with E-state index in [-0.39, 0.29) is 43.2 Å². The number of nitrogens with zero attached hydrogens (tertiary/aromatic N) is 4. The van der Waals surface area contributed by atoms with E-state index >= 15 is 0 Å². The first-order valence-corrected chi connectivity index (χ1v) is 18.3. The highest BCUT2D eigenvalue weighted by molar-refractivity contribution is 7.12. The second kappa shape index (κ2) is 22.7. The van der Waals surface area contributed by atoms with Crippen LogP contribution in [0.3, 0.4) is 0 Å². The van der Waals surface area contributed by atoms with Gasteiger partial charge < -0.3 is 46.1 Å². The Balaban J connectivity index is 0.000000400. The summed E-state index contributed by atoms with van der Waals surface area (Å²) < 4.78 is 14.6. The van der Waals surface area contributed by atoms with Crippen LogP contribution >= 0.6 is 11.3 Å². The predicted octanol–water partition coefficient (Wildman–Crippen LogP) is 1.84. The van der Waals surface area contributed by atoms with Crippen LogP contribution in [0.25, 0.3) is 0 Å². The number of ether oxygens (including phenoxy) is 3. The molecule has 3 heterocycles. The Kier molecular flexibility index (Phi) is 18.5. The maximum atomic E-state index is 12.8. The molecule has 20 heteroatoms. The molecule has 3 aromatic rings. The number of methoxy groups -OCH3 is 2. The first kappa shape index (κ1) is 47.4. The Morgan fingerprint density at radius 3 is 1.47 bits per heavy atom. The van der Waals surface area contributed by atoms with Crippen LogP contribution in [-0.2, 0) is 23.8 Å². The van der Waals surface area contributed by atoms with E-state index in [1.165, 1.54) is 25.6 Å². The van der Waals surface area contributed by atoms with Gasteiger partial charge >= 0.3 is 18.0 Å². The number of carbonyl (C=O) groups excluding carboxylic acids is 6. The van der Waals surface area contributed by atoms with Gasteiger partial charge in [0.25, 0.3) is 17.7 Å². The summed E-state index contributed by atoms with van der Waals surface area (Å²) in [7, 11) is 2.38. The molecule has 19 nitrogen and oxygen atoms in total. The molecule has 3 rings (SSSR count). The fourth-order valence-electron chi connectivity index (χ4n) is 4.83. The van der Waals surface area contributed by atoms with Crippen molar-refractivity contribution in [1.82, 2.24) is 41.2 Å². The SMILES string of the molecule is C#CCNc1nc(C)c(C(=O)N[C@@H](CNC(=O)OC(C)(C)C)C(=O)OC)c(C)n1.C#CCNc1nc(C)c(C(=O)N[C@@H](CNC(=O)c2cccs2)C(=O)OC)c(C)n1. The smallest absolute Gasteiger partial charge is 0.407 e. The summed E-state index contributed by atoms with van der Waals surface area (Å²) >= 11 is 1.27. The highest BCUT2D eigenvalue weighted by atomic mass is 32.1. The van der Waals surface area contributed by atoms with Gasteiger partial charge in [-0.25, -0.2) is 34.3 Å². The van der Waals surface area contributed by atoms with Crippen molar-refractivity contribution in [3.8, 4) is 24.7 Å². The fourth-order valence-corrected chi connectivity index (χ4v) is 5.47. The third kappa shape index (κ3) is 15.0. The monoisotopic (exact) mass is 820 g/mol. The lowest BCUT2D eigenvalue weighted by molar-refractivity contribution is -0.143. The lowest BCUT2D eigenvalue weighted by Gasteiger charge is -2.22. The summed E-state index contributed by atoms with van der Waals surface area (Å²) in [5.41, 5.74) is 1.38. The van der Waals surface area contributed by atoms with Crippen LogP contribution < -0.4 is 31.9 Å². The molecule has 2 atom stereocenters. The number of thiophene rings is 1. The van der Waals surface area contributed by atoms with Gasteiger partial charge in [-0.3, -0.25) is 14.4 Å². The fraction of sp³-hybridized carbons (Fsp3) is 0.421. The van der Waals surface area contributed by atoms with Gasteiger partial charge in [0.05, 0.1) is 72.6 Å². The lowest BCUT2D eigenvalue weighted by Crippen LogP contribution is -2.50. The van der Waals surface area contributed by atoms with Crippen molar-refractivity contribution in [1.29, 1.82) is 0 Å². The minimum absolute atomic E-state index is 0.129. The third-order valence-electron chi connectivity index (χ3n) is 7.34. The van der Waals surface area contributed by atoms with Crippen LogP contribution in [0.2, 0.25) is 0 Å². The Bertz CT molecular complexity index is 1990. The number of amides is 4. The van der Waals surface area contributed by atoms with E-state index in [1.807, 2.05) is 0 Å². The van der Waals surface area contributed by atoms with Crippen molar-refractivity contribution in [3.05, 3.63) is 56.3 Å². The van der Waals surface area contributed by atoms with Gasteiger partial charge in [0.2, 0.25) is 11.9 Å². The number of alkyl carbamates (subject to hydrolysis) is 1. The molecule has 0 saturated carbocycles.